The van der Waals surface area contributed by atoms with E-state index in [1.54, 1.807) is 0 Å². The van der Waals surface area contributed by atoms with Crippen LogP contribution in [-0.4, -0.2) is 37.3 Å². The number of halogens is 8. The van der Waals surface area contributed by atoms with Crippen molar-refractivity contribution in [3.63, 3.8) is 0 Å². The smallest absolute Gasteiger partial charge is 0.314 e. The summed E-state index contributed by atoms with van der Waals surface area (Å²) in [6, 6.07) is 0.109. The van der Waals surface area contributed by atoms with Crippen molar-refractivity contribution in [2.45, 2.75) is 24.8 Å². The van der Waals surface area contributed by atoms with Gasteiger partial charge in [0.15, 0.2) is 0 Å². The summed E-state index contributed by atoms with van der Waals surface area (Å²) in [6.07, 6.45) is -10.8. The van der Waals surface area contributed by atoms with Crippen molar-refractivity contribution in [3.8, 4) is 0 Å². The van der Waals surface area contributed by atoms with Gasteiger partial charge in [-0.25, -0.2) is 4.39 Å². The molecule has 1 atom stereocenters. The summed E-state index contributed by atoms with van der Waals surface area (Å²) >= 11 is 0. The molecular weight excluding hydrogens is 365 g/mol. The van der Waals surface area contributed by atoms with Crippen LogP contribution >= 0.6 is 12.4 Å². The summed E-state index contributed by atoms with van der Waals surface area (Å²) in [5.41, 5.74) is -1.73. The number of rotatable bonds is 3. The Morgan fingerprint density at radius 2 is 1.62 bits per heavy atom. The third-order valence-electron chi connectivity index (χ3n) is 3.70. The Hall–Kier alpha value is -1.06. The summed E-state index contributed by atoms with van der Waals surface area (Å²) in [7, 11) is 0. The summed E-state index contributed by atoms with van der Waals surface area (Å²) in [5, 5.41) is 2.94. The van der Waals surface area contributed by atoms with Gasteiger partial charge in [0.2, 0.25) is 0 Å². The van der Waals surface area contributed by atoms with E-state index in [2.05, 4.69) is 5.32 Å². The van der Waals surface area contributed by atoms with E-state index in [-0.39, 0.29) is 25.5 Å². The van der Waals surface area contributed by atoms with Gasteiger partial charge in [0, 0.05) is 37.8 Å². The minimum absolute atomic E-state index is 0. The maximum Gasteiger partial charge on any atom is 0.416 e. The van der Waals surface area contributed by atoms with Crippen LogP contribution in [0.15, 0.2) is 18.2 Å². The molecule has 1 aromatic carbocycles. The molecule has 0 spiro atoms. The highest BCUT2D eigenvalue weighted by atomic mass is 35.5. The molecule has 0 radical (unpaired) electrons. The van der Waals surface area contributed by atoms with Gasteiger partial charge in [0.1, 0.15) is 5.82 Å². The molecule has 2 nitrogen and oxygen atoms in total. The molecule has 1 fully saturated rings. The van der Waals surface area contributed by atoms with Crippen LogP contribution in [-0.2, 0) is 6.18 Å². The van der Waals surface area contributed by atoms with Crippen LogP contribution < -0.4 is 5.32 Å². The second-order valence-electron chi connectivity index (χ2n) is 5.36. The number of piperazine rings is 1. The fourth-order valence-electron chi connectivity index (χ4n) is 2.62. The Kier molecular flexibility index (Phi) is 6.89. The van der Waals surface area contributed by atoms with Gasteiger partial charge < -0.3 is 5.32 Å². The largest absolute Gasteiger partial charge is 0.416 e. The van der Waals surface area contributed by atoms with Gasteiger partial charge in [-0.2, -0.15) is 26.3 Å². The van der Waals surface area contributed by atoms with Crippen molar-refractivity contribution in [2.24, 2.45) is 0 Å². The number of hydrogen-bond donors (Lipinski definition) is 1. The summed E-state index contributed by atoms with van der Waals surface area (Å²) < 4.78 is 90.8. The lowest BCUT2D eigenvalue weighted by molar-refractivity contribution is -0.149. The van der Waals surface area contributed by atoms with Crippen molar-refractivity contribution in [1.29, 1.82) is 0 Å². The number of nitrogens with one attached hydrogen (secondary N) is 1. The maximum atomic E-state index is 14.0. The van der Waals surface area contributed by atoms with E-state index in [0.717, 1.165) is 0 Å². The second-order valence-corrected chi connectivity index (χ2v) is 5.36. The first-order valence-electron chi connectivity index (χ1n) is 6.96. The molecule has 10 heteroatoms. The molecule has 1 saturated heterocycles. The molecule has 0 aromatic heterocycles. The lowest BCUT2D eigenvalue weighted by Gasteiger charge is -2.36. The number of hydrogen-bond acceptors (Lipinski definition) is 2. The van der Waals surface area contributed by atoms with Gasteiger partial charge in [-0.15, -0.1) is 12.4 Å². The SMILES string of the molecule is Cl.Fc1ccc(C(F)(F)F)cc1[C@H](CC(F)(F)F)N1CCNCC1. The van der Waals surface area contributed by atoms with E-state index in [9.17, 15) is 30.7 Å². The molecule has 138 valence electrons. The lowest BCUT2D eigenvalue weighted by atomic mass is 9.98. The van der Waals surface area contributed by atoms with Crippen LogP contribution in [0.25, 0.3) is 0 Å². The van der Waals surface area contributed by atoms with E-state index in [4.69, 9.17) is 0 Å². The highest BCUT2D eigenvalue weighted by Crippen LogP contribution is 2.38. The number of alkyl halides is 6. The molecule has 1 N–H and O–H groups in total. The fourth-order valence-corrected chi connectivity index (χ4v) is 2.62. The van der Waals surface area contributed by atoms with Gasteiger partial charge >= 0.3 is 12.4 Å². The first kappa shape index (κ1) is 21.0. The number of nitrogens with zero attached hydrogens (tertiary/aromatic N) is 1. The number of benzene rings is 1. The monoisotopic (exact) mass is 380 g/mol. The molecule has 1 aliphatic heterocycles. The average molecular weight is 381 g/mol. The molecule has 0 saturated carbocycles. The van der Waals surface area contributed by atoms with Crippen LogP contribution in [0.2, 0.25) is 0 Å². The normalized spacial score (nSPS) is 18.1. The van der Waals surface area contributed by atoms with Gasteiger partial charge in [0.25, 0.3) is 0 Å². The Labute approximate surface area is 140 Å². The van der Waals surface area contributed by atoms with Crippen molar-refractivity contribution in [3.05, 3.63) is 35.1 Å². The van der Waals surface area contributed by atoms with Crippen molar-refractivity contribution >= 4 is 12.4 Å². The molecule has 1 heterocycles. The van der Waals surface area contributed by atoms with E-state index in [1.165, 1.54) is 4.90 Å². The fraction of sp³-hybridized carbons (Fsp3) is 0.571. The van der Waals surface area contributed by atoms with Gasteiger partial charge in [0.05, 0.1) is 12.0 Å². The zero-order valence-corrected chi connectivity index (χ0v) is 13.2. The lowest BCUT2D eigenvalue weighted by Crippen LogP contribution is -2.46. The second kappa shape index (κ2) is 7.88. The van der Waals surface area contributed by atoms with Crippen LogP contribution in [0.4, 0.5) is 30.7 Å². The molecule has 1 aliphatic rings. The summed E-state index contributed by atoms with van der Waals surface area (Å²) in [6.45, 7) is 1.21. The van der Waals surface area contributed by atoms with E-state index in [0.29, 0.717) is 31.3 Å². The maximum absolute atomic E-state index is 14.0. The molecule has 24 heavy (non-hydrogen) atoms. The minimum Gasteiger partial charge on any atom is -0.314 e. The highest BCUT2D eigenvalue weighted by Gasteiger charge is 2.38. The standard InChI is InChI=1S/C14H15F7N2.ClH/c15-11-2-1-9(14(19,20)21)7-10(11)12(8-13(16,17)18)23-5-3-22-4-6-23;/h1-2,7,12,22H,3-6,8H2;1H/t12-;/m0./s1. The highest BCUT2D eigenvalue weighted by molar-refractivity contribution is 5.85. The van der Waals surface area contributed by atoms with Crippen molar-refractivity contribution < 1.29 is 30.7 Å². The van der Waals surface area contributed by atoms with Crippen LogP contribution in [0, 0.1) is 5.82 Å². The van der Waals surface area contributed by atoms with Gasteiger partial charge in [-0.1, -0.05) is 0 Å². The predicted molar refractivity (Wildman–Crippen MR) is 76.5 cm³/mol. The van der Waals surface area contributed by atoms with Crippen LogP contribution in [0.5, 0.6) is 0 Å². The Morgan fingerprint density at radius 3 is 2.12 bits per heavy atom. The summed E-state index contributed by atoms with van der Waals surface area (Å²) in [5.74, 6) is -1.06. The minimum atomic E-state index is -4.74. The van der Waals surface area contributed by atoms with E-state index >= 15 is 0 Å². The first-order valence-corrected chi connectivity index (χ1v) is 6.96. The third-order valence-corrected chi connectivity index (χ3v) is 3.70. The summed E-state index contributed by atoms with van der Waals surface area (Å²) in [4.78, 5) is 1.36. The van der Waals surface area contributed by atoms with Crippen LogP contribution in [0.3, 0.4) is 0 Å². The van der Waals surface area contributed by atoms with Gasteiger partial charge in [-0.3, -0.25) is 4.90 Å². The van der Waals surface area contributed by atoms with Gasteiger partial charge in [-0.05, 0) is 18.2 Å². The van der Waals surface area contributed by atoms with Crippen LogP contribution in [0.1, 0.15) is 23.6 Å². The third kappa shape index (κ3) is 5.49. The zero-order valence-electron chi connectivity index (χ0n) is 12.3. The molecule has 0 unspecified atom stereocenters. The molecule has 0 bridgehead atoms. The van der Waals surface area contributed by atoms with E-state index in [1.807, 2.05) is 0 Å². The quantitative estimate of drug-likeness (QED) is 0.792. The molecule has 2 rings (SSSR count). The average Bonchev–Trinajstić information content (AvgIpc) is 2.44. The Morgan fingerprint density at radius 1 is 1.04 bits per heavy atom. The molecule has 1 aromatic rings. The van der Waals surface area contributed by atoms with E-state index < -0.39 is 41.8 Å². The Balaban J connectivity index is 0.00000288. The first-order chi connectivity index (χ1) is 10.6. The molecular formula is C14H16ClF7N2. The topological polar surface area (TPSA) is 15.3 Å². The molecule has 0 aliphatic carbocycles. The van der Waals surface area contributed by atoms with Crippen molar-refractivity contribution in [1.82, 2.24) is 10.2 Å². The predicted octanol–water partition coefficient (Wildman–Crippen LogP) is 4.17. The zero-order chi connectivity index (χ0) is 17.3. The Bertz CT molecular complexity index is 539. The molecule has 0 amide bonds. The van der Waals surface area contributed by atoms with Crippen molar-refractivity contribution in [2.75, 3.05) is 26.2 Å².